The SMILES string of the molecule is CC(Oc1ccccc1)C(=O)N1CCN(c2ccc(N3CCN(C)CC3)nn2)CC1. The third kappa shape index (κ3) is 4.81. The highest BCUT2D eigenvalue weighted by Crippen LogP contribution is 2.18. The molecule has 1 atom stereocenters. The van der Waals surface area contributed by atoms with Gasteiger partial charge in [-0.3, -0.25) is 4.79 Å². The van der Waals surface area contributed by atoms with Gasteiger partial charge in [0.05, 0.1) is 0 Å². The number of nitrogens with zero attached hydrogens (tertiary/aromatic N) is 6. The molecule has 1 unspecified atom stereocenters. The van der Waals surface area contributed by atoms with Crippen LogP contribution < -0.4 is 14.5 Å². The molecular formula is C22H30N6O2. The number of hydrogen-bond donors (Lipinski definition) is 0. The van der Waals surface area contributed by atoms with Crippen LogP contribution in [0.4, 0.5) is 11.6 Å². The smallest absolute Gasteiger partial charge is 0.263 e. The van der Waals surface area contributed by atoms with Gasteiger partial charge in [-0.05, 0) is 38.2 Å². The number of hydrogen-bond acceptors (Lipinski definition) is 7. The van der Waals surface area contributed by atoms with Crippen LogP contribution in [0.2, 0.25) is 0 Å². The highest BCUT2D eigenvalue weighted by atomic mass is 16.5. The summed E-state index contributed by atoms with van der Waals surface area (Å²) in [6.45, 7) is 8.66. The van der Waals surface area contributed by atoms with Gasteiger partial charge in [0.25, 0.3) is 5.91 Å². The predicted molar refractivity (Wildman–Crippen MR) is 117 cm³/mol. The summed E-state index contributed by atoms with van der Waals surface area (Å²) in [6.07, 6.45) is -0.499. The summed E-state index contributed by atoms with van der Waals surface area (Å²) in [5, 5.41) is 8.90. The van der Waals surface area contributed by atoms with Crippen LogP contribution in [0.5, 0.6) is 5.75 Å². The number of carbonyl (C=O) groups excluding carboxylic acids is 1. The summed E-state index contributed by atoms with van der Waals surface area (Å²) in [7, 11) is 2.14. The van der Waals surface area contributed by atoms with E-state index in [1.54, 1.807) is 0 Å². The zero-order valence-corrected chi connectivity index (χ0v) is 17.8. The van der Waals surface area contributed by atoms with E-state index in [-0.39, 0.29) is 5.91 Å². The van der Waals surface area contributed by atoms with Crippen LogP contribution in [0, 0.1) is 0 Å². The van der Waals surface area contributed by atoms with Gasteiger partial charge in [0.15, 0.2) is 17.7 Å². The first-order chi connectivity index (χ1) is 14.6. The Bertz CT molecular complexity index is 815. The molecule has 1 aromatic heterocycles. The lowest BCUT2D eigenvalue weighted by Gasteiger charge is -2.36. The molecule has 4 rings (SSSR count). The van der Waals surface area contributed by atoms with Gasteiger partial charge < -0.3 is 24.3 Å². The molecule has 0 bridgehead atoms. The van der Waals surface area contributed by atoms with E-state index in [0.717, 1.165) is 50.9 Å². The van der Waals surface area contributed by atoms with Crippen molar-refractivity contribution < 1.29 is 9.53 Å². The lowest BCUT2D eigenvalue weighted by molar-refractivity contribution is -0.138. The fourth-order valence-corrected chi connectivity index (χ4v) is 3.86. The van der Waals surface area contributed by atoms with Crippen molar-refractivity contribution in [2.24, 2.45) is 0 Å². The number of benzene rings is 1. The Labute approximate surface area is 178 Å². The Balaban J connectivity index is 1.28. The van der Waals surface area contributed by atoms with E-state index in [2.05, 4.69) is 38.0 Å². The molecule has 8 heteroatoms. The second-order valence-corrected chi connectivity index (χ2v) is 7.93. The van der Waals surface area contributed by atoms with E-state index in [9.17, 15) is 4.79 Å². The molecule has 0 aliphatic carbocycles. The highest BCUT2D eigenvalue weighted by Gasteiger charge is 2.27. The highest BCUT2D eigenvalue weighted by molar-refractivity contribution is 5.81. The lowest BCUT2D eigenvalue weighted by atomic mass is 10.2. The van der Waals surface area contributed by atoms with Crippen LogP contribution in [0.25, 0.3) is 0 Å². The van der Waals surface area contributed by atoms with Gasteiger partial charge in [-0.15, -0.1) is 10.2 Å². The van der Waals surface area contributed by atoms with E-state index in [4.69, 9.17) is 4.74 Å². The minimum atomic E-state index is -0.499. The zero-order valence-electron chi connectivity index (χ0n) is 17.8. The molecule has 0 N–H and O–H groups in total. The summed E-state index contributed by atoms with van der Waals surface area (Å²) in [4.78, 5) is 21.4. The van der Waals surface area contributed by atoms with E-state index in [1.165, 1.54) is 0 Å². The molecule has 0 radical (unpaired) electrons. The Kier molecular flexibility index (Phi) is 6.32. The van der Waals surface area contributed by atoms with Gasteiger partial charge in [-0.2, -0.15) is 0 Å². The van der Waals surface area contributed by atoms with Crippen molar-refractivity contribution in [2.75, 3.05) is 69.2 Å². The molecule has 0 spiro atoms. The Morgan fingerprint density at radius 3 is 1.90 bits per heavy atom. The molecule has 2 aliphatic heterocycles. The van der Waals surface area contributed by atoms with E-state index in [0.29, 0.717) is 18.8 Å². The summed E-state index contributed by atoms with van der Waals surface area (Å²) in [6, 6.07) is 13.6. The minimum absolute atomic E-state index is 0.0231. The number of likely N-dealkylation sites (N-methyl/N-ethyl adjacent to an activating group) is 1. The largest absolute Gasteiger partial charge is 0.481 e. The molecule has 2 aliphatic rings. The average Bonchev–Trinajstić information content (AvgIpc) is 2.80. The normalized spacial score (nSPS) is 18.9. The number of para-hydroxylation sites is 1. The second-order valence-electron chi connectivity index (χ2n) is 7.93. The van der Waals surface area contributed by atoms with Gasteiger partial charge in [-0.1, -0.05) is 18.2 Å². The van der Waals surface area contributed by atoms with Gasteiger partial charge in [0.2, 0.25) is 0 Å². The number of amides is 1. The topological polar surface area (TPSA) is 65.0 Å². The summed E-state index contributed by atoms with van der Waals surface area (Å²) in [5.74, 6) is 2.55. The van der Waals surface area contributed by atoms with Gasteiger partial charge >= 0.3 is 0 Å². The Hall–Kier alpha value is -2.87. The molecule has 2 aromatic rings. The number of aromatic nitrogens is 2. The minimum Gasteiger partial charge on any atom is -0.481 e. The van der Waals surface area contributed by atoms with Crippen molar-refractivity contribution in [1.29, 1.82) is 0 Å². The summed E-state index contributed by atoms with van der Waals surface area (Å²) in [5.41, 5.74) is 0. The fourth-order valence-electron chi connectivity index (χ4n) is 3.86. The fraction of sp³-hybridized carbons (Fsp3) is 0.500. The van der Waals surface area contributed by atoms with Crippen LogP contribution >= 0.6 is 0 Å². The maximum atomic E-state index is 12.7. The van der Waals surface area contributed by atoms with E-state index in [1.807, 2.05) is 48.2 Å². The van der Waals surface area contributed by atoms with Crippen LogP contribution in [0.3, 0.4) is 0 Å². The number of rotatable bonds is 5. The molecule has 2 fully saturated rings. The first-order valence-electron chi connectivity index (χ1n) is 10.6. The van der Waals surface area contributed by atoms with Gasteiger partial charge in [0.1, 0.15) is 5.75 Å². The van der Waals surface area contributed by atoms with Gasteiger partial charge in [0, 0.05) is 52.4 Å². The maximum Gasteiger partial charge on any atom is 0.263 e. The molecule has 1 aromatic carbocycles. The maximum absolute atomic E-state index is 12.7. The number of carbonyl (C=O) groups is 1. The molecule has 2 saturated heterocycles. The number of anilines is 2. The number of ether oxygens (including phenoxy) is 1. The Morgan fingerprint density at radius 1 is 0.833 bits per heavy atom. The molecule has 160 valence electrons. The molecular weight excluding hydrogens is 380 g/mol. The predicted octanol–water partition coefficient (Wildman–Crippen LogP) is 1.34. The Morgan fingerprint density at radius 2 is 1.37 bits per heavy atom. The zero-order chi connectivity index (χ0) is 20.9. The van der Waals surface area contributed by atoms with Crippen molar-refractivity contribution in [3.8, 4) is 5.75 Å². The monoisotopic (exact) mass is 410 g/mol. The van der Waals surface area contributed by atoms with Crippen LogP contribution in [0.1, 0.15) is 6.92 Å². The lowest BCUT2D eigenvalue weighted by Crippen LogP contribution is -2.52. The van der Waals surface area contributed by atoms with Crippen LogP contribution in [-0.4, -0.2) is 91.4 Å². The quantitative estimate of drug-likeness (QED) is 0.737. The van der Waals surface area contributed by atoms with Crippen molar-refractivity contribution in [1.82, 2.24) is 20.0 Å². The first kappa shape index (κ1) is 20.4. The van der Waals surface area contributed by atoms with Crippen molar-refractivity contribution in [3.63, 3.8) is 0 Å². The van der Waals surface area contributed by atoms with Crippen molar-refractivity contribution in [2.45, 2.75) is 13.0 Å². The van der Waals surface area contributed by atoms with Crippen LogP contribution in [-0.2, 0) is 4.79 Å². The van der Waals surface area contributed by atoms with E-state index < -0.39 is 6.10 Å². The molecule has 30 heavy (non-hydrogen) atoms. The summed E-state index contributed by atoms with van der Waals surface area (Å²) < 4.78 is 5.78. The third-order valence-corrected chi connectivity index (χ3v) is 5.78. The second kappa shape index (κ2) is 9.30. The number of piperazine rings is 2. The molecule has 0 saturated carbocycles. The molecule has 8 nitrogen and oxygen atoms in total. The van der Waals surface area contributed by atoms with Crippen molar-refractivity contribution >= 4 is 17.5 Å². The molecule has 1 amide bonds. The van der Waals surface area contributed by atoms with Crippen LogP contribution in [0.15, 0.2) is 42.5 Å². The third-order valence-electron chi connectivity index (χ3n) is 5.78. The van der Waals surface area contributed by atoms with Gasteiger partial charge in [-0.25, -0.2) is 0 Å². The van der Waals surface area contributed by atoms with E-state index >= 15 is 0 Å². The standard InChI is InChI=1S/C22H30N6O2/c1-18(30-19-6-4-3-5-7-19)22(29)28-16-14-27(15-17-28)21-9-8-20(23-24-21)26-12-10-25(2)11-13-26/h3-9,18H,10-17H2,1-2H3. The summed E-state index contributed by atoms with van der Waals surface area (Å²) >= 11 is 0. The first-order valence-corrected chi connectivity index (χ1v) is 10.6. The van der Waals surface area contributed by atoms with Crippen molar-refractivity contribution in [3.05, 3.63) is 42.5 Å². The molecule has 3 heterocycles. The average molecular weight is 411 g/mol.